The van der Waals surface area contributed by atoms with E-state index in [0.29, 0.717) is 5.02 Å². The molecule has 0 radical (unpaired) electrons. The van der Waals surface area contributed by atoms with Gasteiger partial charge in [0.25, 0.3) is 0 Å². The molecule has 0 bridgehead atoms. The van der Waals surface area contributed by atoms with E-state index in [9.17, 15) is 0 Å². The summed E-state index contributed by atoms with van der Waals surface area (Å²) in [6, 6.07) is 5.76. The van der Waals surface area contributed by atoms with E-state index in [-0.39, 0.29) is 24.3 Å². The van der Waals surface area contributed by atoms with Gasteiger partial charge in [0, 0.05) is 0 Å². The van der Waals surface area contributed by atoms with E-state index in [4.69, 9.17) is 25.6 Å². The van der Waals surface area contributed by atoms with Gasteiger partial charge in [0.1, 0.15) is 11.8 Å². The molecule has 0 N–H and O–H groups in total. The van der Waals surface area contributed by atoms with Crippen molar-refractivity contribution in [3.05, 3.63) is 28.8 Å². The summed E-state index contributed by atoms with van der Waals surface area (Å²) < 4.78 is 18.2. The van der Waals surface area contributed by atoms with E-state index in [1.807, 2.05) is 12.1 Å². The molecule has 0 amide bonds. The van der Waals surface area contributed by atoms with Crippen LogP contribution in [-0.2, 0) is 15.7 Å². The number of rotatable bonds is 1. The summed E-state index contributed by atoms with van der Waals surface area (Å²) in [5, 5.41) is 0.656. The monoisotopic (exact) mass is 294 g/mol. The summed E-state index contributed by atoms with van der Waals surface area (Å²) in [6.07, 6.45) is 1.81. The Balaban J connectivity index is 1.80. The van der Waals surface area contributed by atoms with Crippen LogP contribution < -0.4 is 4.74 Å². The Kier molecular flexibility index (Phi) is 3.31. The molecule has 1 saturated heterocycles. The first-order valence-corrected chi connectivity index (χ1v) is 7.48. The molecule has 1 aromatic carbocycles. The van der Waals surface area contributed by atoms with E-state index in [0.717, 1.165) is 24.2 Å². The van der Waals surface area contributed by atoms with Crippen molar-refractivity contribution in [2.75, 3.05) is 0 Å². The summed E-state index contributed by atoms with van der Waals surface area (Å²) >= 11 is 6.22. The Bertz CT molecular complexity index is 514. The third-order valence-corrected chi connectivity index (χ3v) is 4.89. The predicted octanol–water partition coefficient (Wildman–Crippen LogP) is 3.67. The number of fused-ring (bicyclic) bond motifs is 1. The molecule has 0 aromatic heterocycles. The van der Waals surface area contributed by atoms with Crippen LogP contribution >= 0.6 is 11.6 Å². The summed E-state index contributed by atoms with van der Waals surface area (Å²) in [7, 11) is -0.343. The lowest BCUT2D eigenvalue weighted by Gasteiger charge is -2.32. The highest BCUT2D eigenvalue weighted by Gasteiger charge is 2.55. The zero-order valence-electron chi connectivity index (χ0n) is 12.4. The first-order valence-electron chi connectivity index (χ1n) is 7.10. The van der Waals surface area contributed by atoms with E-state index in [1.165, 1.54) is 0 Å². The second kappa shape index (κ2) is 4.65. The molecular weight excluding hydrogens is 274 g/mol. The predicted molar refractivity (Wildman–Crippen MR) is 80.3 cm³/mol. The number of ether oxygens (including phenoxy) is 1. The molecule has 1 aromatic rings. The van der Waals surface area contributed by atoms with Crippen molar-refractivity contribution in [3.8, 4) is 5.75 Å². The van der Waals surface area contributed by atoms with Gasteiger partial charge in [0.15, 0.2) is 0 Å². The first-order chi connectivity index (χ1) is 9.30. The third kappa shape index (κ3) is 2.24. The van der Waals surface area contributed by atoms with Crippen LogP contribution in [0.15, 0.2) is 18.2 Å². The van der Waals surface area contributed by atoms with E-state index < -0.39 is 0 Å². The van der Waals surface area contributed by atoms with Gasteiger partial charge in [-0.2, -0.15) is 0 Å². The lowest BCUT2D eigenvalue weighted by molar-refractivity contribution is 0.00578. The Morgan fingerprint density at radius 3 is 2.45 bits per heavy atom. The average molecular weight is 295 g/mol. The van der Waals surface area contributed by atoms with Crippen LogP contribution in [0.2, 0.25) is 5.02 Å². The summed E-state index contributed by atoms with van der Waals surface area (Å²) in [4.78, 5) is 0. The molecule has 1 atom stereocenters. The Morgan fingerprint density at radius 1 is 1.15 bits per heavy atom. The fourth-order valence-electron chi connectivity index (χ4n) is 2.62. The van der Waals surface area contributed by atoms with Crippen molar-refractivity contribution in [3.63, 3.8) is 0 Å². The van der Waals surface area contributed by atoms with E-state index >= 15 is 0 Å². The molecule has 2 heterocycles. The topological polar surface area (TPSA) is 27.7 Å². The SMILES string of the molecule is CC1(C)OB(C2CCc3cccc(Cl)c3O2)OC1(C)C. The van der Waals surface area contributed by atoms with E-state index in [2.05, 4.69) is 33.8 Å². The summed E-state index contributed by atoms with van der Waals surface area (Å²) in [5.74, 6) is 0.778. The van der Waals surface area contributed by atoms with Gasteiger partial charge in [-0.1, -0.05) is 23.7 Å². The summed E-state index contributed by atoms with van der Waals surface area (Å²) in [5.41, 5.74) is 0.495. The fourth-order valence-corrected chi connectivity index (χ4v) is 2.86. The highest BCUT2D eigenvalue weighted by molar-refractivity contribution is 6.47. The van der Waals surface area contributed by atoms with Gasteiger partial charge in [-0.05, 0) is 52.2 Å². The van der Waals surface area contributed by atoms with Crippen molar-refractivity contribution >= 4 is 18.7 Å². The number of hydrogen-bond donors (Lipinski definition) is 0. The highest BCUT2D eigenvalue weighted by atomic mass is 35.5. The van der Waals surface area contributed by atoms with Crippen molar-refractivity contribution in [1.29, 1.82) is 0 Å². The molecule has 0 spiro atoms. The van der Waals surface area contributed by atoms with Gasteiger partial charge in [-0.25, -0.2) is 0 Å². The quantitative estimate of drug-likeness (QED) is 0.740. The summed E-state index contributed by atoms with van der Waals surface area (Å²) in [6.45, 7) is 8.21. The molecule has 3 rings (SSSR count). The van der Waals surface area contributed by atoms with Gasteiger partial charge in [-0.15, -0.1) is 0 Å². The molecular formula is C15H20BClO3. The molecule has 1 fully saturated rings. The normalized spacial score (nSPS) is 27.1. The number of aryl methyl sites for hydroxylation is 1. The molecule has 2 aliphatic heterocycles. The average Bonchev–Trinajstić information content (AvgIpc) is 2.59. The van der Waals surface area contributed by atoms with Crippen LogP contribution in [-0.4, -0.2) is 24.3 Å². The molecule has 20 heavy (non-hydrogen) atoms. The Hall–Kier alpha value is -0.705. The first kappa shape index (κ1) is 14.2. The van der Waals surface area contributed by atoms with Crippen LogP contribution in [0, 0.1) is 0 Å². The van der Waals surface area contributed by atoms with Crippen LogP contribution in [0.4, 0.5) is 0 Å². The van der Waals surface area contributed by atoms with Crippen molar-refractivity contribution in [2.45, 2.75) is 57.7 Å². The van der Waals surface area contributed by atoms with Crippen LogP contribution in [0.25, 0.3) is 0 Å². The molecule has 3 nitrogen and oxygen atoms in total. The molecule has 1 unspecified atom stereocenters. The van der Waals surface area contributed by atoms with Crippen LogP contribution in [0.1, 0.15) is 39.7 Å². The van der Waals surface area contributed by atoms with E-state index in [1.54, 1.807) is 0 Å². The maximum Gasteiger partial charge on any atom is 0.501 e. The van der Waals surface area contributed by atoms with Gasteiger partial charge in [-0.3, -0.25) is 0 Å². The number of benzene rings is 1. The van der Waals surface area contributed by atoms with Gasteiger partial charge in [0.05, 0.1) is 16.2 Å². The van der Waals surface area contributed by atoms with Crippen molar-refractivity contribution in [2.24, 2.45) is 0 Å². The minimum absolute atomic E-state index is 0.108. The number of para-hydroxylation sites is 1. The van der Waals surface area contributed by atoms with Gasteiger partial charge >= 0.3 is 7.12 Å². The second-order valence-electron chi connectivity index (χ2n) is 6.55. The minimum atomic E-state index is -0.343. The van der Waals surface area contributed by atoms with Gasteiger partial charge < -0.3 is 14.0 Å². The third-order valence-electron chi connectivity index (χ3n) is 4.59. The number of halogens is 1. The maximum atomic E-state index is 6.22. The van der Waals surface area contributed by atoms with Crippen LogP contribution in [0.5, 0.6) is 5.75 Å². The lowest BCUT2D eigenvalue weighted by Crippen LogP contribution is -2.41. The second-order valence-corrected chi connectivity index (χ2v) is 6.95. The maximum absolute atomic E-state index is 6.22. The zero-order valence-corrected chi connectivity index (χ0v) is 13.2. The minimum Gasteiger partial charge on any atom is -0.491 e. The molecule has 0 saturated carbocycles. The fraction of sp³-hybridized carbons (Fsp3) is 0.600. The Morgan fingerprint density at radius 2 is 1.80 bits per heavy atom. The smallest absolute Gasteiger partial charge is 0.491 e. The molecule has 108 valence electrons. The van der Waals surface area contributed by atoms with Gasteiger partial charge in [0.2, 0.25) is 0 Å². The van der Waals surface area contributed by atoms with Crippen molar-refractivity contribution < 1.29 is 14.0 Å². The standard InChI is InChI=1S/C15H20BClO3/c1-14(2)15(3,4)20-16(19-14)12-9-8-10-6-5-7-11(17)13(10)18-12/h5-7,12H,8-9H2,1-4H3. The largest absolute Gasteiger partial charge is 0.501 e. The Labute approximate surface area is 125 Å². The molecule has 5 heteroatoms. The lowest BCUT2D eigenvalue weighted by atomic mass is 9.76. The molecule has 2 aliphatic rings. The molecule has 0 aliphatic carbocycles. The zero-order chi connectivity index (χ0) is 14.5. The highest BCUT2D eigenvalue weighted by Crippen LogP contribution is 2.41. The van der Waals surface area contributed by atoms with Crippen LogP contribution in [0.3, 0.4) is 0 Å². The number of hydrogen-bond acceptors (Lipinski definition) is 3. The van der Waals surface area contributed by atoms with Crippen molar-refractivity contribution in [1.82, 2.24) is 0 Å².